The van der Waals surface area contributed by atoms with Crippen molar-refractivity contribution in [2.24, 2.45) is 0 Å². The molecule has 22 heavy (non-hydrogen) atoms. The van der Waals surface area contributed by atoms with Gasteiger partial charge in [0.25, 0.3) is 0 Å². The van der Waals surface area contributed by atoms with Crippen LogP contribution in [0.4, 0.5) is 11.4 Å². The number of benzene rings is 2. The van der Waals surface area contributed by atoms with E-state index in [4.69, 9.17) is 4.74 Å². The number of ether oxygens (including phenoxy) is 1. The number of hydrogen-bond acceptors (Lipinski definition) is 2. The van der Waals surface area contributed by atoms with E-state index in [0.717, 1.165) is 29.3 Å². The molecule has 0 amide bonds. The van der Waals surface area contributed by atoms with Crippen LogP contribution >= 0.6 is 0 Å². The highest BCUT2D eigenvalue weighted by atomic mass is 16.5. The molecule has 0 radical (unpaired) electrons. The van der Waals surface area contributed by atoms with Gasteiger partial charge in [0, 0.05) is 0 Å². The topological polar surface area (TPSA) is 21.3 Å². The molecule has 116 valence electrons. The van der Waals surface area contributed by atoms with Crippen molar-refractivity contribution in [3.8, 4) is 11.5 Å². The van der Waals surface area contributed by atoms with E-state index < -0.39 is 0 Å². The Hall–Kier alpha value is -1.96. The zero-order valence-electron chi connectivity index (χ0n) is 13.4. The van der Waals surface area contributed by atoms with E-state index in [0.29, 0.717) is 0 Å². The molecule has 1 N–H and O–H groups in total. The van der Waals surface area contributed by atoms with E-state index in [1.54, 1.807) is 0 Å². The lowest BCUT2D eigenvalue weighted by Gasteiger charge is -2.22. The molecular weight excluding hydrogens is 270 g/mol. The number of unbranched alkanes of at least 4 members (excludes halogenated alkanes) is 5. The summed E-state index contributed by atoms with van der Waals surface area (Å²) in [5.74, 6) is 1.86. The molecule has 1 heterocycles. The molecule has 0 atom stereocenters. The lowest BCUT2D eigenvalue weighted by atomic mass is 10.0. The maximum absolute atomic E-state index is 6.01. The molecule has 1 aliphatic heterocycles. The van der Waals surface area contributed by atoms with E-state index in [-0.39, 0.29) is 0 Å². The highest BCUT2D eigenvalue weighted by Crippen LogP contribution is 2.41. The van der Waals surface area contributed by atoms with Crippen molar-refractivity contribution < 1.29 is 4.74 Å². The number of aryl methyl sites for hydroxylation is 1. The van der Waals surface area contributed by atoms with Crippen LogP contribution in [0.2, 0.25) is 0 Å². The number of fused-ring (bicyclic) bond motifs is 2. The zero-order valence-corrected chi connectivity index (χ0v) is 13.4. The normalized spacial score (nSPS) is 12.0. The Morgan fingerprint density at radius 3 is 2.50 bits per heavy atom. The summed E-state index contributed by atoms with van der Waals surface area (Å²) in [5, 5.41) is 3.43. The predicted molar refractivity (Wildman–Crippen MR) is 93.3 cm³/mol. The summed E-state index contributed by atoms with van der Waals surface area (Å²) in [6.45, 7) is 2.26. The third kappa shape index (κ3) is 3.62. The lowest BCUT2D eigenvalue weighted by molar-refractivity contribution is 0.480. The Morgan fingerprint density at radius 1 is 0.818 bits per heavy atom. The van der Waals surface area contributed by atoms with Crippen molar-refractivity contribution in [1.82, 2.24) is 0 Å². The van der Waals surface area contributed by atoms with Crippen molar-refractivity contribution in [1.29, 1.82) is 0 Å². The second-order valence-corrected chi connectivity index (χ2v) is 6.07. The molecule has 2 aromatic rings. The first kappa shape index (κ1) is 15.0. The highest BCUT2D eigenvalue weighted by Gasteiger charge is 2.15. The Labute approximate surface area is 133 Å². The van der Waals surface area contributed by atoms with E-state index in [2.05, 4.69) is 30.4 Å². The van der Waals surface area contributed by atoms with E-state index in [9.17, 15) is 0 Å². The van der Waals surface area contributed by atoms with Crippen molar-refractivity contribution >= 4 is 11.4 Å². The molecule has 0 aliphatic carbocycles. The third-order valence-electron chi connectivity index (χ3n) is 4.24. The second kappa shape index (κ2) is 7.35. The van der Waals surface area contributed by atoms with Gasteiger partial charge in [-0.1, -0.05) is 57.2 Å². The molecule has 3 rings (SSSR count). The minimum absolute atomic E-state index is 0.909. The number of nitrogens with one attached hydrogen (secondary N) is 1. The summed E-state index contributed by atoms with van der Waals surface area (Å²) in [7, 11) is 0. The summed E-state index contributed by atoms with van der Waals surface area (Å²) >= 11 is 0. The number of para-hydroxylation sites is 2. The molecular formula is C20H25NO. The molecule has 0 saturated heterocycles. The second-order valence-electron chi connectivity index (χ2n) is 6.07. The van der Waals surface area contributed by atoms with Gasteiger partial charge in [-0.15, -0.1) is 0 Å². The zero-order chi connectivity index (χ0) is 15.2. The monoisotopic (exact) mass is 295 g/mol. The SMILES string of the molecule is CCCCCCCCc1ccc2c(c1)Oc1ccccc1N2. The molecule has 0 fully saturated rings. The molecule has 2 heteroatoms. The fourth-order valence-corrected chi connectivity index (χ4v) is 2.94. The quantitative estimate of drug-likeness (QED) is 0.506. The highest BCUT2D eigenvalue weighted by molar-refractivity contribution is 5.75. The van der Waals surface area contributed by atoms with E-state index >= 15 is 0 Å². The molecule has 0 saturated carbocycles. The number of rotatable bonds is 7. The summed E-state index contributed by atoms with van der Waals surface area (Å²) in [6, 6.07) is 14.6. The molecule has 1 aliphatic rings. The van der Waals surface area contributed by atoms with Crippen LogP contribution in [0.5, 0.6) is 11.5 Å². The summed E-state index contributed by atoms with van der Waals surface area (Å²) in [4.78, 5) is 0. The molecule has 2 nitrogen and oxygen atoms in total. The van der Waals surface area contributed by atoms with Crippen LogP contribution in [0.1, 0.15) is 51.0 Å². The number of anilines is 2. The van der Waals surface area contributed by atoms with Crippen molar-refractivity contribution in [2.75, 3.05) is 5.32 Å². The molecule has 0 aromatic heterocycles. The van der Waals surface area contributed by atoms with Crippen molar-refractivity contribution in [2.45, 2.75) is 51.9 Å². The fraction of sp³-hybridized carbons (Fsp3) is 0.400. The fourth-order valence-electron chi connectivity index (χ4n) is 2.94. The third-order valence-corrected chi connectivity index (χ3v) is 4.24. The van der Waals surface area contributed by atoms with Gasteiger partial charge in [0.2, 0.25) is 0 Å². The van der Waals surface area contributed by atoms with Crippen LogP contribution in [-0.2, 0) is 6.42 Å². The molecule has 0 bridgehead atoms. The lowest BCUT2D eigenvalue weighted by Crippen LogP contribution is -2.03. The van der Waals surface area contributed by atoms with Gasteiger partial charge in [-0.05, 0) is 42.7 Å². The first-order valence-electron chi connectivity index (χ1n) is 8.53. The van der Waals surface area contributed by atoms with Crippen LogP contribution in [0, 0.1) is 0 Å². The van der Waals surface area contributed by atoms with Crippen LogP contribution in [0.3, 0.4) is 0 Å². The first-order chi connectivity index (χ1) is 10.9. The van der Waals surface area contributed by atoms with Gasteiger partial charge >= 0.3 is 0 Å². The molecule has 0 spiro atoms. The predicted octanol–water partition coefficient (Wildman–Crippen LogP) is 6.44. The van der Waals surface area contributed by atoms with Gasteiger partial charge < -0.3 is 10.1 Å². The van der Waals surface area contributed by atoms with Crippen molar-refractivity contribution in [3.63, 3.8) is 0 Å². The first-order valence-corrected chi connectivity index (χ1v) is 8.53. The smallest absolute Gasteiger partial charge is 0.151 e. The van der Waals surface area contributed by atoms with E-state index in [1.165, 1.54) is 44.1 Å². The Balaban J connectivity index is 1.56. The van der Waals surface area contributed by atoms with Gasteiger partial charge in [0.1, 0.15) is 0 Å². The largest absolute Gasteiger partial charge is 0.453 e. The van der Waals surface area contributed by atoms with Gasteiger partial charge in [-0.2, -0.15) is 0 Å². The van der Waals surface area contributed by atoms with Gasteiger partial charge in [0.15, 0.2) is 11.5 Å². The van der Waals surface area contributed by atoms with Gasteiger partial charge in [-0.3, -0.25) is 0 Å². The van der Waals surface area contributed by atoms with Gasteiger partial charge in [0.05, 0.1) is 11.4 Å². The van der Waals surface area contributed by atoms with E-state index in [1.807, 2.05) is 24.3 Å². The van der Waals surface area contributed by atoms with Gasteiger partial charge in [-0.25, -0.2) is 0 Å². The standard InChI is InChI=1S/C20H25NO/c1-2-3-4-5-6-7-10-16-13-14-18-20(15-16)22-19-12-9-8-11-17(19)21-18/h8-9,11-15,21H,2-7,10H2,1H3. The Bertz CT molecular complexity index is 621. The molecule has 2 aromatic carbocycles. The summed E-state index contributed by atoms with van der Waals surface area (Å²) < 4.78 is 6.01. The Morgan fingerprint density at radius 2 is 1.59 bits per heavy atom. The van der Waals surface area contributed by atoms with Crippen LogP contribution in [0.15, 0.2) is 42.5 Å². The number of hydrogen-bond donors (Lipinski definition) is 1. The summed E-state index contributed by atoms with van der Waals surface area (Å²) in [6.07, 6.45) is 9.18. The minimum Gasteiger partial charge on any atom is -0.453 e. The van der Waals surface area contributed by atoms with Crippen LogP contribution < -0.4 is 10.1 Å². The minimum atomic E-state index is 0.909. The van der Waals surface area contributed by atoms with Crippen LogP contribution in [0.25, 0.3) is 0 Å². The average Bonchev–Trinajstić information content (AvgIpc) is 2.56. The van der Waals surface area contributed by atoms with Crippen LogP contribution in [-0.4, -0.2) is 0 Å². The maximum Gasteiger partial charge on any atom is 0.151 e. The Kier molecular flexibility index (Phi) is 4.99. The summed E-state index contributed by atoms with van der Waals surface area (Å²) in [5.41, 5.74) is 3.47. The maximum atomic E-state index is 6.01. The molecule has 0 unspecified atom stereocenters. The van der Waals surface area contributed by atoms with Crippen molar-refractivity contribution in [3.05, 3.63) is 48.0 Å². The average molecular weight is 295 g/mol.